The highest BCUT2D eigenvalue weighted by atomic mass is 32.1. The van der Waals surface area contributed by atoms with E-state index in [4.69, 9.17) is 0 Å². The molecule has 5 amide bonds. The molecule has 0 spiro atoms. The van der Waals surface area contributed by atoms with Gasteiger partial charge in [-0.25, -0.2) is 14.5 Å². The third-order valence-corrected chi connectivity index (χ3v) is 5.45. The third-order valence-electron chi connectivity index (χ3n) is 4.59. The smallest absolute Gasteiger partial charge is 0.330 e. The molecule has 0 bridgehead atoms. The van der Waals surface area contributed by atoms with Crippen LogP contribution in [0.25, 0.3) is 0 Å². The van der Waals surface area contributed by atoms with E-state index in [-0.39, 0.29) is 11.9 Å². The molecule has 134 valence electrons. The van der Waals surface area contributed by atoms with Crippen LogP contribution in [0.2, 0.25) is 0 Å². The van der Waals surface area contributed by atoms with Gasteiger partial charge >= 0.3 is 12.1 Å². The molecule has 7 nitrogen and oxygen atoms in total. The fourth-order valence-electron chi connectivity index (χ4n) is 3.22. The van der Waals surface area contributed by atoms with Crippen molar-refractivity contribution in [3.63, 3.8) is 0 Å². The van der Waals surface area contributed by atoms with Crippen molar-refractivity contribution >= 4 is 35.0 Å². The van der Waals surface area contributed by atoms with Crippen molar-refractivity contribution in [2.45, 2.75) is 13.0 Å². The largest absolute Gasteiger partial charge is 0.336 e. The number of thiophene rings is 1. The number of fused-ring (bicyclic) bond motifs is 1. The number of amides is 5. The summed E-state index contributed by atoms with van der Waals surface area (Å²) in [5, 5.41) is 7.26. The highest BCUT2D eigenvalue weighted by Gasteiger charge is 2.27. The lowest BCUT2D eigenvalue weighted by Crippen LogP contribution is -2.38. The number of imide groups is 1. The zero-order valence-corrected chi connectivity index (χ0v) is 14.8. The summed E-state index contributed by atoms with van der Waals surface area (Å²) >= 11 is 1.44. The van der Waals surface area contributed by atoms with E-state index in [2.05, 4.69) is 10.6 Å². The second-order valence-electron chi connectivity index (χ2n) is 6.25. The van der Waals surface area contributed by atoms with Crippen LogP contribution < -0.4 is 10.6 Å². The molecule has 2 N–H and O–H groups in total. The fourth-order valence-corrected chi connectivity index (χ4v) is 3.91. The van der Waals surface area contributed by atoms with Crippen LogP contribution in [0.1, 0.15) is 20.8 Å². The van der Waals surface area contributed by atoms with Crippen molar-refractivity contribution in [2.24, 2.45) is 0 Å². The summed E-state index contributed by atoms with van der Waals surface area (Å²) in [6.45, 7) is 2.03. The van der Waals surface area contributed by atoms with Crippen LogP contribution in [-0.4, -0.2) is 47.4 Å². The normalized spacial score (nSPS) is 16.2. The molecule has 1 fully saturated rings. The Bertz CT molecular complexity index is 865. The molecule has 0 aliphatic carbocycles. The van der Waals surface area contributed by atoms with Crippen LogP contribution in [0.3, 0.4) is 0 Å². The van der Waals surface area contributed by atoms with Crippen molar-refractivity contribution in [1.82, 2.24) is 15.1 Å². The van der Waals surface area contributed by atoms with Crippen LogP contribution in [-0.2, 0) is 13.0 Å². The van der Waals surface area contributed by atoms with Gasteiger partial charge in [-0.05, 0) is 41.1 Å². The first-order valence-corrected chi connectivity index (χ1v) is 9.31. The molecule has 0 radical (unpaired) electrons. The van der Waals surface area contributed by atoms with E-state index in [9.17, 15) is 14.4 Å². The standard InChI is InChI=1S/C18H18N4O3S/c23-16(15-2-1-9-26-15)21-7-5-12-3-4-14(10-13(12)11-21)20-18(25)22-8-6-19-17(22)24/h1-4,9-10H,5-8,11H2,(H,19,24)(H,20,25). The van der Waals surface area contributed by atoms with Gasteiger partial charge in [0, 0.05) is 31.9 Å². The molecular weight excluding hydrogens is 352 g/mol. The van der Waals surface area contributed by atoms with E-state index in [0.717, 1.165) is 21.8 Å². The summed E-state index contributed by atoms with van der Waals surface area (Å²) in [6.07, 6.45) is 0.787. The summed E-state index contributed by atoms with van der Waals surface area (Å²) in [7, 11) is 0. The van der Waals surface area contributed by atoms with E-state index in [1.54, 1.807) is 0 Å². The number of nitrogens with one attached hydrogen (secondary N) is 2. The van der Waals surface area contributed by atoms with E-state index in [1.165, 1.54) is 16.9 Å². The topological polar surface area (TPSA) is 81.8 Å². The number of urea groups is 2. The Morgan fingerprint density at radius 2 is 2.04 bits per heavy atom. The Labute approximate surface area is 154 Å². The first-order chi connectivity index (χ1) is 12.6. The van der Waals surface area contributed by atoms with E-state index in [0.29, 0.717) is 31.9 Å². The van der Waals surface area contributed by atoms with Crippen molar-refractivity contribution in [3.8, 4) is 0 Å². The summed E-state index contributed by atoms with van der Waals surface area (Å²) < 4.78 is 0. The molecule has 0 saturated carbocycles. The zero-order valence-electron chi connectivity index (χ0n) is 14.0. The molecule has 26 heavy (non-hydrogen) atoms. The molecule has 1 aromatic heterocycles. The maximum Gasteiger partial charge on any atom is 0.330 e. The Morgan fingerprint density at radius 3 is 2.77 bits per heavy atom. The maximum atomic E-state index is 12.6. The number of anilines is 1. The minimum atomic E-state index is -0.442. The zero-order chi connectivity index (χ0) is 18.1. The summed E-state index contributed by atoms with van der Waals surface area (Å²) in [5.41, 5.74) is 2.82. The number of rotatable bonds is 2. The van der Waals surface area contributed by atoms with Gasteiger partial charge in [-0.1, -0.05) is 12.1 Å². The molecule has 1 aromatic carbocycles. The van der Waals surface area contributed by atoms with Crippen LogP contribution in [0, 0.1) is 0 Å². The Kier molecular flexibility index (Phi) is 4.34. The molecule has 2 aliphatic heterocycles. The number of carbonyl (C=O) groups excluding carboxylic acids is 3. The molecule has 2 aromatic rings. The summed E-state index contributed by atoms with van der Waals surface area (Å²) in [6, 6.07) is 8.58. The number of nitrogens with zero attached hydrogens (tertiary/aromatic N) is 2. The molecule has 1 saturated heterocycles. The Morgan fingerprint density at radius 1 is 1.15 bits per heavy atom. The molecular formula is C18H18N4O3S. The Hall–Kier alpha value is -2.87. The number of benzene rings is 1. The monoisotopic (exact) mass is 370 g/mol. The second kappa shape index (κ2) is 6.80. The van der Waals surface area contributed by atoms with Gasteiger partial charge in [0.25, 0.3) is 5.91 Å². The Balaban J connectivity index is 1.48. The van der Waals surface area contributed by atoms with Crippen LogP contribution in [0.5, 0.6) is 0 Å². The summed E-state index contributed by atoms with van der Waals surface area (Å²) in [5.74, 6) is 0.0360. The average molecular weight is 370 g/mol. The fraction of sp³-hybridized carbons (Fsp3) is 0.278. The predicted molar refractivity (Wildman–Crippen MR) is 98.3 cm³/mol. The van der Waals surface area contributed by atoms with E-state index in [1.807, 2.05) is 40.6 Å². The van der Waals surface area contributed by atoms with Gasteiger partial charge in [-0.3, -0.25) is 4.79 Å². The van der Waals surface area contributed by atoms with Crippen molar-refractivity contribution in [3.05, 3.63) is 51.7 Å². The van der Waals surface area contributed by atoms with Gasteiger partial charge in [-0.15, -0.1) is 11.3 Å². The maximum absolute atomic E-state index is 12.6. The molecule has 0 atom stereocenters. The van der Waals surface area contributed by atoms with Crippen LogP contribution in [0.4, 0.5) is 15.3 Å². The van der Waals surface area contributed by atoms with Gasteiger partial charge in [0.15, 0.2) is 0 Å². The quantitative estimate of drug-likeness (QED) is 0.852. The molecule has 0 unspecified atom stereocenters. The molecule has 3 heterocycles. The molecule has 4 rings (SSSR count). The molecule has 2 aliphatic rings. The SMILES string of the molecule is O=C(c1cccs1)N1CCc2ccc(NC(=O)N3CCNC3=O)cc2C1. The summed E-state index contributed by atoms with van der Waals surface area (Å²) in [4.78, 5) is 40.1. The second-order valence-corrected chi connectivity index (χ2v) is 7.20. The van der Waals surface area contributed by atoms with E-state index >= 15 is 0 Å². The van der Waals surface area contributed by atoms with Gasteiger partial charge in [0.05, 0.1) is 4.88 Å². The van der Waals surface area contributed by atoms with Crippen molar-refractivity contribution in [1.29, 1.82) is 0 Å². The van der Waals surface area contributed by atoms with Gasteiger partial charge in [0.2, 0.25) is 0 Å². The first kappa shape index (κ1) is 16.6. The lowest BCUT2D eigenvalue weighted by atomic mass is 9.99. The van der Waals surface area contributed by atoms with Crippen molar-refractivity contribution < 1.29 is 14.4 Å². The minimum Gasteiger partial charge on any atom is -0.336 e. The lowest BCUT2D eigenvalue weighted by molar-refractivity contribution is 0.0739. The molecule has 8 heteroatoms. The van der Waals surface area contributed by atoms with Crippen LogP contribution >= 0.6 is 11.3 Å². The highest BCUT2D eigenvalue weighted by Crippen LogP contribution is 2.25. The number of hydrogen-bond donors (Lipinski definition) is 2. The number of hydrogen-bond acceptors (Lipinski definition) is 4. The minimum absolute atomic E-state index is 0.0360. The third kappa shape index (κ3) is 3.15. The first-order valence-electron chi connectivity index (χ1n) is 8.43. The highest BCUT2D eigenvalue weighted by molar-refractivity contribution is 7.12. The van der Waals surface area contributed by atoms with Gasteiger partial charge in [-0.2, -0.15) is 0 Å². The van der Waals surface area contributed by atoms with Crippen LogP contribution in [0.15, 0.2) is 35.7 Å². The average Bonchev–Trinajstić information content (AvgIpc) is 3.32. The number of carbonyl (C=O) groups is 3. The van der Waals surface area contributed by atoms with E-state index < -0.39 is 6.03 Å². The lowest BCUT2D eigenvalue weighted by Gasteiger charge is -2.29. The van der Waals surface area contributed by atoms with Gasteiger partial charge in [0.1, 0.15) is 0 Å². The van der Waals surface area contributed by atoms with Crippen molar-refractivity contribution in [2.75, 3.05) is 25.0 Å². The predicted octanol–water partition coefficient (Wildman–Crippen LogP) is 2.50. The van der Waals surface area contributed by atoms with Gasteiger partial charge < -0.3 is 15.5 Å².